The van der Waals surface area contributed by atoms with Gasteiger partial charge in [0.15, 0.2) is 0 Å². The largest absolute Gasteiger partial charge is 0.348 e. The Morgan fingerprint density at radius 1 is 1.04 bits per heavy atom. The fourth-order valence-electron chi connectivity index (χ4n) is 3.33. The van der Waals surface area contributed by atoms with E-state index in [4.69, 9.17) is 0 Å². The van der Waals surface area contributed by atoms with Crippen molar-refractivity contribution in [1.29, 1.82) is 0 Å². The molecule has 136 valence electrons. The Hall–Kier alpha value is -2.62. The molecule has 0 aliphatic carbocycles. The van der Waals surface area contributed by atoms with Crippen LogP contribution in [0.5, 0.6) is 0 Å². The molecule has 3 aromatic rings. The molecule has 0 aliphatic rings. The van der Waals surface area contributed by atoms with Crippen LogP contribution in [0, 0.1) is 5.92 Å². The molecule has 1 atom stereocenters. The summed E-state index contributed by atoms with van der Waals surface area (Å²) in [7, 11) is 0. The standard InChI is InChI=1S/C22H27N3O/c1-15(2)17-8-10-18(11-9-17)21(16(3)4)22(26)24-14-20-23-13-19-7-5-6-12-25(19)20/h5-13,15-16,21H,14H2,1-4H3,(H,24,26). The summed E-state index contributed by atoms with van der Waals surface area (Å²) >= 11 is 0. The Labute approximate surface area is 155 Å². The van der Waals surface area contributed by atoms with Crippen LogP contribution >= 0.6 is 0 Å². The Balaban J connectivity index is 1.74. The molecule has 3 rings (SSSR count). The molecule has 2 aromatic heterocycles. The lowest BCUT2D eigenvalue weighted by Gasteiger charge is -2.21. The Morgan fingerprint density at radius 3 is 2.38 bits per heavy atom. The molecular formula is C22H27N3O. The number of pyridine rings is 1. The van der Waals surface area contributed by atoms with Crippen LogP contribution in [-0.4, -0.2) is 15.3 Å². The van der Waals surface area contributed by atoms with Crippen LogP contribution in [0.25, 0.3) is 5.52 Å². The summed E-state index contributed by atoms with van der Waals surface area (Å²) in [5, 5.41) is 3.07. The second-order valence-electron chi connectivity index (χ2n) is 7.43. The number of aromatic nitrogens is 2. The molecule has 0 saturated carbocycles. The molecule has 1 amide bonds. The fraction of sp³-hybridized carbons (Fsp3) is 0.364. The van der Waals surface area contributed by atoms with Gasteiger partial charge in [0.25, 0.3) is 0 Å². The van der Waals surface area contributed by atoms with Crippen molar-refractivity contribution in [2.75, 3.05) is 0 Å². The van der Waals surface area contributed by atoms with Crippen molar-refractivity contribution in [3.8, 4) is 0 Å². The van der Waals surface area contributed by atoms with Crippen LogP contribution in [0.1, 0.15) is 56.5 Å². The number of nitrogens with zero attached hydrogens (tertiary/aromatic N) is 2. The van der Waals surface area contributed by atoms with Gasteiger partial charge in [-0.15, -0.1) is 0 Å². The summed E-state index contributed by atoms with van der Waals surface area (Å²) in [6.45, 7) is 8.95. The molecule has 26 heavy (non-hydrogen) atoms. The van der Waals surface area contributed by atoms with Gasteiger partial charge in [0.2, 0.25) is 5.91 Å². The quantitative estimate of drug-likeness (QED) is 0.711. The van der Waals surface area contributed by atoms with Gasteiger partial charge in [0, 0.05) is 6.20 Å². The van der Waals surface area contributed by atoms with E-state index in [-0.39, 0.29) is 17.7 Å². The highest BCUT2D eigenvalue weighted by Gasteiger charge is 2.24. The van der Waals surface area contributed by atoms with Crippen molar-refractivity contribution < 1.29 is 4.79 Å². The number of carbonyl (C=O) groups is 1. The minimum Gasteiger partial charge on any atom is -0.348 e. The number of carbonyl (C=O) groups excluding carboxylic acids is 1. The topological polar surface area (TPSA) is 46.4 Å². The van der Waals surface area contributed by atoms with E-state index < -0.39 is 0 Å². The molecule has 0 bridgehead atoms. The van der Waals surface area contributed by atoms with E-state index in [0.717, 1.165) is 16.9 Å². The minimum atomic E-state index is -0.164. The van der Waals surface area contributed by atoms with Gasteiger partial charge in [-0.3, -0.25) is 4.79 Å². The molecule has 1 N–H and O–H groups in total. The first-order chi connectivity index (χ1) is 12.5. The average molecular weight is 349 g/mol. The molecule has 1 aromatic carbocycles. The molecule has 0 saturated heterocycles. The van der Waals surface area contributed by atoms with Gasteiger partial charge >= 0.3 is 0 Å². The highest BCUT2D eigenvalue weighted by atomic mass is 16.1. The Morgan fingerprint density at radius 2 is 1.73 bits per heavy atom. The van der Waals surface area contributed by atoms with E-state index in [0.29, 0.717) is 12.5 Å². The number of nitrogens with one attached hydrogen (secondary N) is 1. The zero-order valence-corrected chi connectivity index (χ0v) is 15.9. The molecule has 0 fully saturated rings. The summed E-state index contributed by atoms with van der Waals surface area (Å²) in [5.74, 6) is 1.43. The van der Waals surface area contributed by atoms with Gasteiger partial charge in [-0.25, -0.2) is 4.98 Å². The summed E-state index contributed by atoms with van der Waals surface area (Å²) in [5.41, 5.74) is 3.39. The Bertz CT molecular complexity index is 878. The molecule has 0 spiro atoms. The molecule has 4 heteroatoms. The summed E-state index contributed by atoms with van der Waals surface area (Å²) in [4.78, 5) is 17.3. The number of hydrogen-bond donors (Lipinski definition) is 1. The van der Waals surface area contributed by atoms with Crippen molar-refractivity contribution in [1.82, 2.24) is 14.7 Å². The zero-order chi connectivity index (χ0) is 18.7. The smallest absolute Gasteiger partial charge is 0.228 e. The van der Waals surface area contributed by atoms with Crippen molar-refractivity contribution in [2.24, 2.45) is 5.92 Å². The number of hydrogen-bond acceptors (Lipinski definition) is 2. The third kappa shape index (κ3) is 3.79. The second-order valence-corrected chi connectivity index (χ2v) is 7.43. The highest BCUT2D eigenvalue weighted by molar-refractivity contribution is 5.83. The second kappa shape index (κ2) is 7.73. The number of rotatable bonds is 6. The van der Waals surface area contributed by atoms with Gasteiger partial charge in [-0.1, -0.05) is 58.0 Å². The van der Waals surface area contributed by atoms with Crippen LogP contribution < -0.4 is 5.32 Å². The third-order valence-electron chi connectivity index (χ3n) is 4.85. The summed E-state index contributed by atoms with van der Waals surface area (Å²) < 4.78 is 2.00. The number of fused-ring (bicyclic) bond motifs is 1. The van der Waals surface area contributed by atoms with Gasteiger partial charge in [-0.05, 0) is 35.1 Å². The van der Waals surface area contributed by atoms with Gasteiger partial charge in [-0.2, -0.15) is 0 Å². The molecule has 0 radical (unpaired) electrons. The van der Waals surface area contributed by atoms with Gasteiger partial charge < -0.3 is 9.72 Å². The predicted molar refractivity (Wildman–Crippen MR) is 105 cm³/mol. The maximum absolute atomic E-state index is 12.9. The lowest BCUT2D eigenvalue weighted by molar-refractivity contribution is -0.123. The van der Waals surface area contributed by atoms with Crippen molar-refractivity contribution in [3.63, 3.8) is 0 Å². The first kappa shape index (κ1) is 18.2. The molecule has 1 unspecified atom stereocenters. The minimum absolute atomic E-state index is 0.0463. The zero-order valence-electron chi connectivity index (χ0n) is 15.9. The summed E-state index contributed by atoms with van der Waals surface area (Å²) in [6.07, 6.45) is 3.79. The first-order valence-electron chi connectivity index (χ1n) is 9.26. The van der Waals surface area contributed by atoms with E-state index in [9.17, 15) is 4.79 Å². The SMILES string of the molecule is CC(C)c1ccc(C(C(=O)NCc2ncc3ccccn23)C(C)C)cc1. The van der Waals surface area contributed by atoms with E-state index in [1.807, 2.05) is 35.0 Å². The molecule has 4 nitrogen and oxygen atoms in total. The van der Waals surface area contributed by atoms with Gasteiger partial charge in [0.05, 0.1) is 24.2 Å². The maximum Gasteiger partial charge on any atom is 0.228 e. The lowest BCUT2D eigenvalue weighted by Crippen LogP contribution is -2.32. The van der Waals surface area contributed by atoms with Crippen LogP contribution in [0.4, 0.5) is 0 Å². The van der Waals surface area contributed by atoms with Crippen LogP contribution in [0.2, 0.25) is 0 Å². The normalized spacial score (nSPS) is 12.7. The summed E-state index contributed by atoms with van der Waals surface area (Å²) in [6, 6.07) is 14.4. The van der Waals surface area contributed by atoms with Crippen LogP contribution in [-0.2, 0) is 11.3 Å². The number of benzene rings is 1. The Kier molecular flexibility index (Phi) is 5.40. The molecular weight excluding hydrogens is 322 g/mol. The predicted octanol–water partition coefficient (Wildman–Crippen LogP) is 4.51. The van der Waals surface area contributed by atoms with Crippen LogP contribution in [0.15, 0.2) is 54.9 Å². The highest BCUT2D eigenvalue weighted by Crippen LogP contribution is 2.26. The fourth-order valence-corrected chi connectivity index (χ4v) is 3.33. The van der Waals surface area contributed by atoms with E-state index in [1.54, 1.807) is 0 Å². The number of amides is 1. The van der Waals surface area contributed by atoms with E-state index >= 15 is 0 Å². The number of imidazole rings is 1. The monoisotopic (exact) mass is 349 g/mol. The maximum atomic E-state index is 12.9. The first-order valence-corrected chi connectivity index (χ1v) is 9.26. The van der Waals surface area contributed by atoms with Crippen molar-refractivity contribution in [3.05, 3.63) is 71.8 Å². The molecule has 0 aliphatic heterocycles. The van der Waals surface area contributed by atoms with Crippen LogP contribution in [0.3, 0.4) is 0 Å². The van der Waals surface area contributed by atoms with Gasteiger partial charge in [0.1, 0.15) is 5.82 Å². The van der Waals surface area contributed by atoms with E-state index in [2.05, 4.69) is 62.3 Å². The lowest BCUT2D eigenvalue weighted by atomic mass is 9.86. The van der Waals surface area contributed by atoms with E-state index in [1.165, 1.54) is 5.56 Å². The average Bonchev–Trinajstić information content (AvgIpc) is 3.03. The third-order valence-corrected chi connectivity index (χ3v) is 4.85. The van der Waals surface area contributed by atoms with Crippen molar-refractivity contribution in [2.45, 2.75) is 46.1 Å². The van der Waals surface area contributed by atoms with Crippen molar-refractivity contribution >= 4 is 11.4 Å². The molecule has 2 heterocycles.